The fraction of sp³-hybridized carbons (Fsp3) is 0.829. The van der Waals surface area contributed by atoms with Gasteiger partial charge in [0.1, 0.15) is 5.75 Å². The molecule has 0 aliphatic rings. The summed E-state index contributed by atoms with van der Waals surface area (Å²) in [5.74, 6) is 1.61. The molecule has 0 spiro atoms. The number of benzene rings is 1. The molecule has 0 amide bonds. The summed E-state index contributed by atoms with van der Waals surface area (Å²) >= 11 is 4.76. The van der Waals surface area contributed by atoms with Gasteiger partial charge < -0.3 is 9.39 Å². The maximum absolute atomic E-state index is 6.36. The Morgan fingerprint density at radius 3 is 1.77 bits per heavy atom. The summed E-state index contributed by atoms with van der Waals surface area (Å²) in [6.07, 6.45) is 24.1. The Morgan fingerprint density at radius 2 is 1.26 bits per heavy atom. The van der Waals surface area contributed by atoms with Crippen molar-refractivity contribution in [1.82, 2.24) is 0 Å². The molecule has 0 saturated carbocycles. The standard InChI is InChI=1S/C35H64BO2S/c1-8-11-13-14-15-16-17-18-19-20-21-22-23-25-31-26-32(36-38-34(4,5)35(6,7)39)28-33(27-31)37-29-30(10-3)24-12-9-2/h26-28,30,39H,8-25,29H2,1-7H3. The SMILES string of the molecule is CCCCCCCCCCCCCCCc1cc([B]OC(C)(C)C(C)(C)S)cc(OCC(CC)CCCC)c1. The molecule has 1 aromatic rings. The number of unbranched alkanes of at least 4 members (excludes halogenated alkanes) is 13. The highest BCUT2D eigenvalue weighted by atomic mass is 32.1. The van der Waals surface area contributed by atoms with Gasteiger partial charge in [-0.3, -0.25) is 0 Å². The zero-order valence-corrected chi connectivity index (χ0v) is 28.0. The van der Waals surface area contributed by atoms with Crippen molar-refractivity contribution in [3.05, 3.63) is 23.8 Å². The third kappa shape index (κ3) is 17.1. The van der Waals surface area contributed by atoms with Crippen LogP contribution in [0.3, 0.4) is 0 Å². The Kier molecular flexibility index (Phi) is 19.8. The molecule has 0 aromatic heterocycles. The van der Waals surface area contributed by atoms with Gasteiger partial charge in [-0.15, -0.1) is 0 Å². The van der Waals surface area contributed by atoms with Crippen molar-refractivity contribution in [3.8, 4) is 5.75 Å². The summed E-state index contributed by atoms with van der Waals surface area (Å²) in [5.41, 5.74) is 2.06. The van der Waals surface area contributed by atoms with Gasteiger partial charge in [0, 0.05) is 4.75 Å². The molecule has 0 saturated heterocycles. The van der Waals surface area contributed by atoms with Gasteiger partial charge in [-0.05, 0) is 76.0 Å². The third-order valence-electron chi connectivity index (χ3n) is 8.55. The van der Waals surface area contributed by atoms with E-state index in [1.807, 2.05) is 7.48 Å². The Bertz CT molecular complexity index is 728. The molecule has 2 nitrogen and oxygen atoms in total. The number of aryl methyl sites for hydroxylation is 1. The first-order valence-corrected chi connectivity index (χ1v) is 17.1. The average molecular weight is 560 g/mol. The molecule has 1 radical (unpaired) electrons. The fourth-order valence-corrected chi connectivity index (χ4v) is 4.85. The predicted molar refractivity (Wildman–Crippen MR) is 178 cm³/mol. The minimum absolute atomic E-state index is 0.247. The summed E-state index contributed by atoms with van der Waals surface area (Å²) in [4.78, 5) is 0. The van der Waals surface area contributed by atoms with Crippen molar-refractivity contribution >= 4 is 25.6 Å². The lowest BCUT2D eigenvalue weighted by Crippen LogP contribution is -2.45. The second-order valence-corrected chi connectivity index (χ2v) is 14.1. The van der Waals surface area contributed by atoms with Crippen molar-refractivity contribution in [2.24, 2.45) is 5.92 Å². The van der Waals surface area contributed by atoms with Crippen molar-refractivity contribution in [3.63, 3.8) is 0 Å². The maximum atomic E-state index is 6.36. The molecule has 1 aromatic carbocycles. The van der Waals surface area contributed by atoms with E-state index < -0.39 is 0 Å². The van der Waals surface area contributed by atoms with Crippen LogP contribution in [0.15, 0.2) is 18.2 Å². The van der Waals surface area contributed by atoms with E-state index in [0.717, 1.165) is 24.2 Å². The van der Waals surface area contributed by atoms with E-state index in [1.165, 1.54) is 115 Å². The molecule has 1 unspecified atom stereocenters. The lowest BCUT2D eigenvalue weighted by atomic mass is 9.82. The van der Waals surface area contributed by atoms with Crippen molar-refractivity contribution in [1.29, 1.82) is 0 Å². The summed E-state index contributed by atoms with van der Waals surface area (Å²) in [5, 5.41) is 0. The Labute approximate surface area is 250 Å². The van der Waals surface area contributed by atoms with Gasteiger partial charge >= 0.3 is 7.48 Å². The Morgan fingerprint density at radius 1 is 0.718 bits per heavy atom. The zero-order chi connectivity index (χ0) is 29.0. The third-order valence-corrected chi connectivity index (χ3v) is 9.09. The minimum Gasteiger partial charge on any atom is -0.493 e. The van der Waals surface area contributed by atoms with E-state index in [1.54, 1.807) is 0 Å². The summed E-state index contributed by atoms with van der Waals surface area (Å²) in [6.45, 7) is 16.0. The van der Waals surface area contributed by atoms with Crippen LogP contribution in [0, 0.1) is 5.92 Å². The van der Waals surface area contributed by atoms with Crippen molar-refractivity contribution in [2.75, 3.05) is 6.61 Å². The van der Waals surface area contributed by atoms with E-state index in [0.29, 0.717) is 5.92 Å². The van der Waals surface area contributed by atoms with Crippen LogP contribution in [0.4, 0.5) is 0 Å². The van der Waals surface area contributed by atoms with Gasteiger partial charge in [0.2, 0.25) is 0 Å². The molecule has 0 bridgehead atoms. The molecule has 0 heterocycles. The topological polar surface area (TPSA) is 18.5 Å². The highest BCUT2D eigenvalue weighted by Crippen LogP contribution is 2.30. The quantitative estimate of drug-likeness (QED) is 0.0730. The van der Waals surface area contributed by atoms with Crippen LogP contribution in [0.5, 0.6) is 5.75 Å². The first kappa shape index (κ1) is 36.4. The summed E-state index contributed by atoms with van der Waals surface area (Å²) < 4.78 is 12.4. The summed E-state index contributed by atoms with van der Waals surface area (Å²) in [6, 6.07) is 6.68. The lowest BCUT2D eigenvalue weighted by Gasteiger charge is -2.38. The van der Waals surface area contributed by atoms with Gasteiger partial charge in [0.05, 0.1) is 12.2 Å². The van der Waals surface area contributed by atoms with Gasteiger partial charge in [0.15, 0.2) is 0 Å². The van der Waals surface area contributed by atoms with Crippen molar-refractivity contribution in [2.45, 2.75) is 174 Å². The van der Waals surface area contributed by atoms with Crippen LogP contribution in [-0.4, -0.2) is 24.4 Å². The monoisotopic (exact) mass is 559 g/mol. The molecule has 4 heteroatoms. The second kappa shape index (κ2) is 21.1. The molecule has 0 N–H and O–H groups in total. The average Bonchev–Trinajstić information content (AvgIpc) is 2.89. The first-order valence-electron chi connectivity index (χ1n) is 16.6. The number of hydrogen-bond acceptors (Lipinski definition) is 3. The number of thiol groups is 1. The van der Waals surface area contributed by atoms with Crippen LogP contribution < -0.4 is 10.2 Å². The zero-order valence-electron chi connectivity index (χ0n) is 27.1. The van der Waals surface area contributed by atoms with Gasteiger partial charge in [-0.25, -0.2) is 0 Å². The largest absolute Gasteiger partial charge is 0.493 e. The van der Waals surface area contributed by atoms with Gasteiger partial charge in [-0.2, -0.15) is 12.6 Å². The molecule has 0 aliphatic carbocycles. The van der Waals surface area contributed by atoms with Crippen LogP contribution in [0.1, 0.15) is 163 Å². The number of ether oxygens (including phenoxy) is 1. The molecule has 39 heavy (non-hydrogen) atoms. The van der Waals surface area contributed by atoms with Gasteiger partial charge in [0.25, 0.3) is 0 Å². The molecular weight excluding hydrogens is 495 g/mol. The highest BCUT2D eigenvalue weighted by molar-refractivity contribution is 7.81. The van der Waals surface area contributed by atoms with Gasteiger partial charge in [-0.1, -0.05) is 123 Å². The van der Waals surface area contributed by atoms with Crippen LogP contribution >= 0.6 is 12.6 Å². The van der Waals surface area contributed by atoms with E-state index in [2.05, 4.69) is 66.7 Å². The van der Waals surface area contributed by atoms with E-state index in [4.69, 9.17) is 22.0 Å². The fourth-order valence-electron chi connectivity index (χ4n) is 4.80. The lowest BCUT2D eigenvalue weighted by molar-refractivity contribution is 0.0854. The molecular formula is C35H64BO2S. The second-order valence-electron chi connectivity index (χ2n) is 12.9. The molecule has 1 atom stereocenters. The summed E-state index contributed by atoms with van der Waals surface area (Å²) in [7, 11) is 1.91. The van der Waals surface area contributed by atoms with Crippen LogP contribution in [0.25, 0.3) is 0 Å². The Balaban J connectivity index is 2.54. The molecule has 0 fully saturated rings. The number of rotatable bonds is 25. The smallest absolute Gasteiger partial charge is 0.330 e. The normalized spacial score (nSPS) is 13.0. The van der Waals surface area contributed by atoms with Crippen LogP contribution in [-0.2, 0) is 11.1 Å². The number of hydrogen-bond donors (Lipinski definition) is 1. The Hall–Kier alpha value is -0.605. The first-order chi connectivity index (χ1) is 18.6. The van der Waals surface area contributed by atoms with E-state index in [-0.39, 0.29) is 10.3 Å². The highest BCUT2D eigenvalue weighted by Gasteiger charge is 2.34. The molecule has 1 rings (SSSR count). The van der Waals surface area contributed by atoms with Crippen molar-refractivity contribution < 1.29 is 9.39 Å². The maximum Gasteiger partial charge on any atom is 0.330 e. The minimum atomic E-state index is -0.379. The molecule has 0 aliphatic heterocycles. The predicted octanol–water partition coefficient (Wildman–Crippen LogP) is 10.7. The van der Waals surface area contributed by atoms with E-state index in [9.17, 15) is 0 Å². The van der Waals surface area contributed by atoms with Crippen LogP contribution in [0.2, 0.25) is 0 Å². The van der Waals surface area contributed by atoms with E-state index >= 15 is 0 Å². The molecule has 225 valence electrons.